The molecule has 0 spiro atoms. The monoisotopic (exact) mass is 257 g/mol. The van der Waals surface area contributed by atoms with Gasteiger partial charge in [0.15, 0.2) is 5.82 Å². The SMILES string of the molecule is Cc1cnc(C)c(N(CCO)Cc2ccccc2)n1. The summed E-state index contributed by atoms with van der Waals surface area (Å²) in [5.74, 6) is 0.845. The molecule has 4 heteroatoms. The van der Waals surface area contributed by atoms with Crippen LogP contribution in [0.2, 0.25) is 0 Å². The minimum absolute atomic E-state index is 0.0991. The smallest absolute Gasteiger partial charge is 0.150 e. The molecule has 0 atom stereocenters. The molecule has 0 aliphatic carbocycles. The average molecular weight is 257 g/mol. The fourth-order valence-corrected chi connectivity index (χ4v) is 2.01. The van der Waals surface area contributed by atoms with E-state index in [-0.39, 0.29) is 6.61 Å². The lowest BCUT2D eigenvalue weighted by atomic mass is 10.2. The first kappa shape index (κ1) is 13.5. The molecule has 0 aliphatic heterocycles. The predicted octanol–water partition coefficient (Wildman–Crippen LogP) is 2.09. The van der Waals surface area contributed by atoms with Crippen molar-refractivity contribution in [3.8, 4) is 0 Å². The van der Waals surface area contributed by atoms with Gasteiger partial charge < -0.3 is 10.0 Å². The Labute approximate surface area is 113 Å². The number of aryl methyl sites for hydroxylation is 2. The third-order valence-electron chi connectivity index (χ3n) is 2.94. The average Bonchev–Trinajstić information content (AvgIpc) is 2.42. The fourth-order valence-electron chi connectivity index (χ4n) is 2.01. The van der Waals surface area contributed by atoms with E-state index >= 15 is 0 Å². The van der Waals surface area contributed by atoms with Gasteiger partial charge in [-0.05, 0) is 19.4 Å². The summed E-state index contributed by atoms with van der Waals surface area (Å²) in [6.07, 6.45) is 1.76. The van der Waals surface area contributed by atoms with Gasteiger partial charge in [0.25, 0.3) is 0 Å². The number of nitrogens with zero attached hydrogens (tertiary/aromatic N) is 3. The van der Waals surface area contributed by atoms with Crippen molar-refractivity contribution >= 4 is 5.82 Å². The van der Waals surface area contributed by atoms with E-state index in [0.29, 0.717) is 6.54 Å². The molecule has 19 heavy (non-hydrogen) atoms. The molecule has 100 valence electrons. The van der Waals surface area contributed by atoms with Crippen molar-refractivity contribution in [1.29, 1.82) is 0 Å². The maximum atomic E-state index is 9.25. The molecule has 2 aromatic rings. The lowest BCUT2D eigenvalue weighted by molar-refractivity contribution is 0.301. The van der Waals surface area contributed by atoms with Gasteiger partial charge in [-0.15, -0.1) is 0 Å². The van der Waals surface area contributed by atoms with Gasteiger partial charge in [0.1, 0.15) is 0 Å². The van der Waals surface area contributed by atoms with Crippen molar-refractivity contribution in [3.63, 3.8) is 0 Å². The van der Waals surface area contributed by atoms with Gasteiger partial charge in [-0.3, -0.25) is 4.98 Å². The van der Waals surface area contributed by atoms with Crippen molar-refractivity contribution in [2.75, 3.05) is 18.1 Å². The van der Waals surface area contributed by atoms with Crippen LogP contribution >= 0.6 is 0 Å². The third kappa shape index (κ3) is 3.51. The van der Waals surface area contributed by atoms with Gasteiger partial charge in [-0.25, -0.2) is 4.98 Å². The van der Waals surface area contributed by atoms with E-state index in [9.17, 15) is 5.11 Å². The molecule has 1 aromatic carbocycles. The summed E-state index contributed by atoms with van der Waals surface area (Å²) in [6.45, 7) is 5.24. The van der Waals surface area contributed by atoms with E-state index in [1.165, 1.54) is 5.56 Å². The Morgan fingerprint density at radius 3 is 2.58 bits per heavy atom. The maximum absolute atomic E-state index is 9.25. The number of benzene rings is 1. The first-order chi connectivity index (χ1) is 9.20. The lowest BCUT2D eigenvalue weighted by Gasteiger charge is -2.24. The number of aromatic nitrogens is 2. The van der Waals surface area contributed by atoms with E-state index in [2.05, 4.69) is 27.0 Å². The van der Waals surface area contributed by atoms with Crippen LogP contribution in [0.15, 0.2) is 36.5 Å². The van der Waals surface area contributed by atoms with Gasteiger partial charge in [0.05, 0.1) is 18.0 Å². The standard InChI is InChI=1S/C15H19N3O/c1-12-10-16-13(2)15(17-12)18(8-9-19)11-14-6-4-3-5-7-14/h3-7,10,19H,8-9,11H2,1-2H3. The molecule has 0 unspecified atom stereocenters. The summed E-state index contributed by atoms with van der Waals surface area (Å²) in [4.78, 5) is 10.9. The Balaban J connectivity index is 2.27. The molecule has 1 heterocycles. The highest BCUT2D eigenvalue weighted by molar-refractivity contribution is 5.44. The highest BCUT2D eigenvalue weighted by Crippen LogP contribution is 2.17. The highest BCUT2D eigenvalue weighted by atomic mass is 16.3. The predicted molar refractivity (Wildman–Crippen MR) is 76.1 cm³/mol. The molecular weight excluding hydrogens is 238 g/mol. The number of aliphatic hydroxyl groups is 1. The van der Waals surface area contributed by atoms with E-state index in [0.717, 1.165) is 23.8 Å². The van der Waals surface area contributed by atoms with Crippen LogP contribution in [0, 0.1) is 13.8 Å². The van der Waals surface area contributed by atoms with Crippen LogP contribution < -0.4 is 4.90 Å². The van der Waals surface area contributed by atoms with Crippen LogP contribution in [0.1, 0.15) is 17.0 Å². The quantitative estimate of drug-likeness (QED) is 0.891. The topological polar surface area (TPSA) is 49.2 Å². The van der Waals surface area contributed by atoms with Gasteiger partial charge in [-0.1, -0.05) is 30.3 Å². The van der Waals surface area contributed by atoms with E-state index in [1.54, 1.807) is 6.20 Å². The molecule has 0 saturated carbocycles. The largest absolute Gasteiger partial charge is 0.395 e. The molecule has 0 fully saturated rings. The first-order valence-corrected chi connectivity index (χ1v) is 6.40. The summed E-state index contributed by atoms with van der Waals surface area (Å²) in [5.41, 5.74) is 2.96. The molecule has 1 aromatic heterocycles. The minimum atomic E-state index is 0.0991. The van der Waals surface area contributed by atoms with Crippen LogP contribution in [0.4, 0.5) is 5.82 Å². The molecule has 0 radical (unpaired) electrons. The summed E-state index contributed by atoms with van der Waals surface area (Å²) in [7, 11) is 0. The van der Waals surface area contributed by atoms with E-state index < -0.39 is 0 Å². The second-order valence-electron chi connectivity index (χ2n) is 4.55. The maximum Gasteiger partial charge on any atom is 0.150 e. The zero-order valence-corrected chi connectivity index (χ0v) is 11.4. The highest BCUT2D eigenvalue weighted by Gasteiger charge is 2.12. The molecule has 0 saturated heterocycles. The minimum Gasteiger partial charge on any atom is -0.395 e. The summed E-state index contributed by atoms with van der Waals surface area (Å²) in [6, 6.07) is 10.2. The van der Waals surface area contributed by atoms with Crippen molar-refractivity contribution in [1.82, 2.24) is 9.97 Å². The molecule has 2 rings (SSSR count). The Bertz CT molecular complexity index is 528. The third-order valence-corrected chi connectivity index (χ3v) is 2.94. The zero-order chi connectivity index (χ0) is 13.7. The van der Waals surface area contributed by atoms with Crippen LogP contribution in [-0.2, 0) is 6.54 Å². The van der Waals surface area contributed by atoms with Crippen LogP contribution in [0.5, 0.6) is 0 Å². The van der Waals surface area contributed by atoms with Crippen LogP contribution in [0.3, 0.4) is 0 Å². The molecule has 1 N–H and O–H groups in total. The van der Waals surface area contributed by atoms with E-state index in [1.807, 2.05) is 32.0 Å². The Morgan fingerprint density at radius 1 is 1.16 bits per heavy atom. The van der Waals surface area contributed by atoms with Gasteiger partial charge in [0.2, 0.25) is 0 Å². The number of anilines is 1. The summed E-state index contributed by atoms with van der Waals surface area (Å²) < 4.78 is 0. The summed E-state index contributed by atoms with van der Waals surface area (Å²) >= 11 is 0. The van der Waals surface area contributed by atoms with Crippen LogP contribution in [-0.4, -0.2) is 28.2 Å². The van der Waals surface area contributed by atoms with Crippen molar-refractivity contribution in [2.45, 2.75) is 20.4 Å². The summed E-state index contributed by atoms with van der Waals surface area (Å²) in [5, 5.41) is 9.25. The Hall–Kier alpha value is -1.94. The molecular formula is C15H19N3O. The fraction of sp³-hybridized carbons (Fsp3) is 0.333. The first-order valence-electron chi connectivity index (χ1n) is 6.40. The second-order valence-corrected chi connectivity index (χ2v) is 4.55. The van der Waals surface area contributed by atoms with E-state index in [4.69, 9.17) is 0 Å². The van der Waals surface area contributed by atoms with Crippen molar-refractivity contribution < 1.29 is 5.11 Å². The van der Waals surface area contributed by atoms with Gasteiger partial charge in [-0.2, -0.15) is 0 Å². The number of hydrogen-bond donors (Lipinski definition) is 1. The lowest BCUT2D eigenvalue weighted by Crippen LogP contribution is -2.28. The van der Waals surface area contributed by atoms with Crippen molar-refractivity contribution in [3.05, 3.63) is 53.5 Å². The molecule has 0 aliphatic rings. The number of hydrogen-bond acceptors (Lipinski definition) is 4. The Morgan fingerprint density at radius 2 is 1.89 bits per heavy atom. The number of rotatable bonds is 5. The van der Waals surface area contributed by atoms with Crippen molar-refractivity contribution in [2.24, 2.45) is 0 Å². The molecule has 0 amide bonds. The normalized spacial score (nSPS) is 10.5. The molecule has 4 nitrogen and oxygen atoms in total. The van der Waals surface area contributed by atoms with Gasteiger partial charge >= 0.3 is 0 Å². The zero-order valence-electron chi connectivity index (χ0n) is 11.4. The van der Waals surface area contributed by atoms with Gasteiger partial charge in [0, 0.05) is 19.3 Å². The number of aliphatic hydroxyl groups excluding tert-OH is 1. The Kier molecular flexibility index (Phi) is 4.47. The second kappa shape index (κ2) is 6.29. The van der Waals surface area contributed by atoms with Crippen LogP contribution in [0.25, 0.3) is 0 Å². The molecule has 0 bridgehead atoms.